The molecule has 4 saturated carbocycles. The lowest BCUT2D eigenvalue weighted by Crippen LogP contribution is -2.55. The lowest BCUT2D eigenvalue weighted by Gasteiger charge is -2.59. The average molecular weight is 250 g/mol. The zero-order valence-electron chi connectivity index (χ0n) is 11.5. The van der Waals surface area contributed by atoms with Crippen LogP contribution in [0.1, 0.15) is 45.4 Å². The minimum absolute atomic E-state index is 0.0610. The maximum Gasteiger partial charge on any atom is 0.224 e. The Kier molecular flexibility index (Phi) is 3.13. The van der Waals surface area contributed by atoms with E-state index in [1.54, 1.807) is 0 Å². The molecule has 18 heavy (non-hydrogen) atoms. The van der Waals surface area contributed by atoms with Crippen molar-refractivity contribution in [2.45, 2.75) is 45.4 Å². The molecule has 0 aromatic carbocycles. The second-order valence-electron chi connectivity index (χ2n) is 6.96. The molecule has 3 N–H and O–H groups in total. The Morgan fingerprint density at radius 3 is 2.11 bits per heavy atom. The van der Waals surface area contributed by atoms with E-state index in [2.05, 4.69) is 5.32 Å². The SMILES string of the molecule is CCNC(=O)C(CN)C12CC3CC(CC(C3)C1)C2. The standard InChI is InChI=1S/C15H26N2O/c1-2-17-14(18)13(9-16)15-6-10-3-11(7-15)5-12(4-10)8-15/h10-13H,2-9,16H2,1H3,(H,17,18). The van der Waals surface area contributed by atoms with Crippen molar-refractivity contribution in [1.82, 2.24) is 5.32 Å². The van der Waals surface area contributed by atoms with Crippen LogP contribution in [-0.4, -0.2) is 19.0 Å². The molecule has 4 rings (SSSR count). The maximum absolute atomic E-state index is 12.3. The lowest BCUT2D eigenvalue weighted by molar-refractivity contribution is -0.140. The highest BCUT2D eigenvalue weighted by Gasteiger charge is 2.55. The van der Waals surface area contributed by atoms with Crippen LogP contribution >= 0.6 is 0 Å². The molecule has 4 aliphatic carbocycles. The van der Waals surface area contributed by atoms with E-state index in [1.165, 1.54) is 38.5 Å². The molecule has 3 nitrogen and oxygen atoms in total. The number of carbonyl (C=O) groups is 1. The lowest BCUT2D eigenvalue weighted by atomic mass is 9.46. The Hall–Kier alpha value is -0.570. The molecular formula is C15H26N2O. The third-order valence-electron chi connectivity index (χ3n) is 5.73. The molecule has 1 unspecified atom stereocenters. The van der Waals surface area contributed by atoms with Crippen LogP contribution in [0, 0.1) is 29.1 Å². The Bertz CT molecular complexity index is 304. The molecule has 0 saturated heterocycles. The molecule has 4 aliphatic rings. The van der Waals surface area contributed by atoms with E-state index in [1.807, 2.05) is 6.92 Å². The minimum atomic E-state index is 0.0610. The van der Waals surface area contributed by atoms with Gasteiger partial charge in [0.05, 0.1) is 5.92 Å². The van der Waals surface area contributed by atoms with Crippen molar-refractivity contribution < 1.29 is 4.79 Å². The van der Waals surface area contributed by atoms with Crippen LogP contribution in [0.2, 0.25) is 0 Å². The first-order chi connectivity index (χ1) is 8.66. The highest BCUT2D eigenvalue weighted by molar-refractivity contribution is 5.79. The summed E-state index contributed by atoms with van der Waals surface area (Å²) in [6, 6.07) is 0. The molecule has 1 atom stereocenters. The highest BCUT2D eigenvalue weighted by Crippen LogP contribution is 2.62. The predicted molar refractivity (Wildman–Crippen MR) is 71.8 cm³/mol. The third kappa shape index (κ3) is 1.87. The largest absolute Gasteiger partial charge is 0.356 e. The summed E-state index contributed by atoms with van der Waals surface area (Å²) in [7, 11) is 0. The van der Waals surface area contributed by atoms with Gasteiger partial charge in [-0.25, -0.2) is 0 Å². The highest BCUT2D eigenvalue weighted by atomic mass is 16.1. The topological polar surface area (TPSA) is 55.1 Å². The molecule has 102 valence electrons. The summed E-state index contributed by atoms with van der Waals surface area (Å²) in [5.74, 6) is 2.94. The van der Waals surface area contributed by atoms with Gasteiger partial charge < -0.3 is 11.1 Å². The van der Waals surface area contributed by atoms with Gasteiger partial charge in [-0.15, -0.1) is 0 Å². The van der Waals surface area contributed by atoms with Gasteiger partial charge in [-0.3, -0.25) is 4.79 Å². The van der Waals surface area contributed by atoms with Crippen LogP contribution < -0.4 is 11.1 Å². The Morgan fingerprint density at radius 2 is 1.72 bits per heavy atom. The number of hydrogen-bond acceptors (Lipinski definition) is 2. The van der Waals surface area contributed by atoms with Crippen molar-refractivity contribution >= 4 is 5.91 Å². The van der Waals surface area contributed by atoms with Crippen LogP contribution in [-0.2, 0) is 4.79 Å². The van der Waals surface area contributed by atoms with E-state index < -0.39 is 0 Å². The van der Waals surface area contributed by atoms with Crippen LogP contribution in [0.3, 0.4) is 0 Å². The van der Waals surface area contributed by atoms with Gasteiger partial charge in [0.25, 0.3) is 0 Å². The number of nitrogens with two attached hydrogens (primary N) is 1. The average Bonchev–Trinajstić information content (AvgIpc) is 2.27. The summed E-state index contributed by atoms with van der Waals surface area (Å²) in [5, 5.41) is 3.00. The molecule has 1 amide bonds. The minimum Gasteiger partial charge on any atom is -0.356 e. The van der Waals surface area contributed by atoms with Gasteiger partial charge in [0.2, 0.25) is 5.91 Å². The van der Waals surface area contributed by atoms with Gasteiger partial charge in [0.15, 0.2) is 0 Å². The molecule has 4 bridgehead atoms. The normalized spacial score (nSPS) is 42.9. The quantitative estimate of drug-likeness (QED) is 0.801. The first kappa shape index (κ1) is 12.5. The number of carbonyl (C=O) groups excluding carboxylic acids is 1. The number of amides is 1. The number of hydrogen-bond donors (Lipinski definition) is 2. The van der Waals surface area contributed by atoms with Crippen molar-refractivity contribution in [2.24, 2.45) is 34.8 Å². The van der Waals surface area contributed by atoms with E-state index in [0.29, 0.717) is 6.54 Å². The van der Waals surface area contributed by atoms with Crippen molar-refractivity contribution in [2.75, 3.05) is 13.1 Å². The molecule has 0 heterocycles. The number of nitrogens with one attached hydrogen (secondary N) is 1. The fraction of sp³-hybridized carbons (Fsp3) is 0.933. The zero-order valence-corrected chi connectivity index (χ0v) is 11.5. The second kappa shape index (κ2) is 4.52. The summed E-state index contributed by atoms with van der Waals surface area (Å²) in [5.41, 5.74) is 6.22. The van der Waals surface area contributed by atoms with E-state index >= 15 is 0 Å². The van der Waals surface area contributed by atoms with Gasteiger partial charge in [0.1, 0.15) is 0 Å². The molecular weight excluding hydrogens is 224 g/mol. The van der Waals surface area contributed by atoms with Crippen LogP contribution in [0.5, 0.6) is 0 Å². The Balaban J connectivity index is 1.82. The van der Waals surface area contributed by atoms with E-state index in [-0.39, 0.29) is 17.2 Å². The fourth-order valence-corrected chi connectivity index (χ4v) is 5.54. The van der Waals surface area contributed by atoms with E-state index in [9.17, 15) is 4.79 Å². The second-order valence-corrected chi connectivity index (χ2v) is 6.96. The third-order valence-corrected chi connectivity index (χ3v) is 5.73. The van der Waals surface area contributed by atoms with E-state index in [4.69, 9.17) is 5.73 Å². The maximum atomic E-state index is 12.3. The fourth-order valence-electron chi connectivity index (χ4n) is 5.54. The van der Waals surface area contributed by atoms with Crippen LogP contribution in [0.15, 0.2) is 0 Å². The molecule has 4 fully saturated rings. The van der Waals surface area contributed by atoms with Gasteiger partial charge >= 0.3 is 0 Å². The molecule has 0 aromatic rings. The van der Waals surface area contributed by atoms with E-state index in [0.717, 1.165) is 24.3 Å². The first-order valence-electron chi connectivity index (χ1n) is 7.64. The summed E-state index contributed by atoms with van der Waals surface area (Å²) >= 11 is 0. The number of rotatable bonds is 4. The molecule has 0 aromatic heterocycles. The van der Waals surface area contributed by atoms with Gasteiger partial charge in [0, 0.05) is 13.1 Å². The van der Waals surface area contributed by atoms with Gasteiger partial charge in [-0.05, 0) is 68.6 Å². The Labute approximate surface area is 110 Å². The smallest absolute Gasteiger partial charge is 0.224 e. The molecule has 0 aliphatic heterocycles. The summed E-state index contributed by atoms with van der Waals surface area (Å²) in [6.07, 6.45) is 8.05. The van der Waals surface area contributed by atoms with Crippen LogP contribution in [0.25, 0.3) is 0 Å². The molecule has 0 radical (unpaired) electrons. The van der Waals surface area contributed by atoms with Gasteiger partial charge in [-0.1, -0.05) is 0 Å². The molecule has 0 spiro atoms. The zero-order chi connectivity index (χ0) is 12.8. The Morgan fingerprint density at radius 1 is 1.22 bits per heavy atom. The van der Waals surface area contributed by atoms with Crippen molar-refractivity contribution in [1.29, 1.82) is 0 Å². The van der Waals surface area contributed by atoms with Crippen molar-refractivity contribution in [3.8, 4) is 0 Å². The first-order valence-corrected chi connectivity index (χ1v) is 7.64. The monoisotopic (exact) mass is 250 g/mol. The van der Waals surface area contributed by atoms with Crippen LogP contribution in [0.4, 0.5) is 0 Å². The van der Waals surface area contributed by atoms with Crippen molar-refractivity contribution in [3.63, 3.8) is 0 Å². The molecule has 3 heteroatoms. The summed E-state index contributed by atoms with van der Waals surface area (Å²) in [4.78, 5) is 12.3. The summed E-state index contributed by atoms with van der Waals surface area (Å²) < 4.78 is 0. The summed E-state index contributed by atoms with van der Waals surface area (Å²) in [6.45, 7) is 3.24. The van der Waals surface area contributed by atoms with Crippen molar-refractivity contribution in [3.05, 3.63) is 0 Å². The van der Waals surface area contributed by atoms with Gasteiger partial charge in [-0.2, -0.15) is 0 Å². The predicted octanol–water partition coefficient (Wildman–Crippen LogP) is 1.91.